The molecule has 0 aromatic heterocycles. The van der Waals surface area contributed by atoms with Crippen LogP contribution in [0.1, 0.15) is 44.0 Å². The van der Waals surface area contributed by atoms with E-state index in [0.29, 0.717) is 21.1 Å². The second kappa shape index (κ2) is 5.77. The highest BCUT2D eigenvalue weighted by molar-refractivity contribution is 14.1. The van der Waals surface area contributed by atoms with E-state index in [4.69, 9.17) is 0 Å². The molecule has 1 saturated carbocycles. The Balaban J connectivity index is 2.29. The highest BCUT2D eigenvalue weighted by atomic mass is 127. The summed E-state index contributed by atoms with van der Waals surface area (Å²) in [6, 6.07) is 4.95. The van der Waals surface area contributed by atoms with Crippen LogP contribution in [0, 0.1) is 15.3 Å². The number of rotatable bonds is 4. The molecule has 104 valence electrons. The lowest BCUT2D eigenvalue weighted by atomic mass is 10.0. The van der Waals surface area contributed by atoms with Gasteiger partial charge in [0.1, 0.15) is 5.82 Å². The second-order valence-corrected chi connectivity index (χ2v) is 6.71. The van der Waals surface area contributed by atoms with Crippen LogP contribution in [0.2, 0.25) is 0 Å². The number of carbonyl (C=O) groups is 1. The fourth-order valence-electron chi connectivity index (χ4n) is 2.16. The Hall–Kier alpha value is -0.650. The minimum atomic E-state index is -0.296. The molecule has 0 aliphatic heterocycles. The molecule has 1 atom stereocenters. The van der Waals surface area contributed by atoms with E-state index in [1.165, 1.54) is 12.1 Å². The van der Waals surface area contributed by atoms with Gasteiger partial charge in [-0.3, -0.25) is 4.79 Å². The second-order valence-electron chi connectivity index (χ2n) is 5.55. The standard InChI is InChI=1S/C15H19FINO/c1-9(2)10(3)18(12-5-6-12)15(19)13-7-4-11(16)8-14(13)17/h4,7-10,12H,5-6H2,1-3H3. The van der Waals surface area contributed by atoms with Crippen LogP contribution in [0.3, 0.4) is 0 Å². The highest BCUT2D eigenvalue weighted by Gasteiger charge is 2.37. The van der Waals surface area contributed by atoms with Crippen molar-refractivity contribution in [2.24, 2.45) is 5.92 Å². The van der Waals surface area contributed by atoms with Crippen molar-refractivity contribution in [1.29, 1.82) is 0 Å². The van der Waals surface area contributed by atoms with Crippen molar-refractivity contribution in [3.05, 3.63) is 33.1 Å². The molecule has 1 aromatic carbocycles. The fourth-order valence-corrected chi connectivity index (χ4v) is 2.87. The number of hydrogen-bond donors (Lipinski definition) is 0. The van der Waals surface area contributed by atoms with E-state index < -0.39 is 0 Å². The zero-order valence-corrected chi connectivity index (χ0v) is 13.6. The summed E-state index contributed by atoms with van der Waals surface area (Å²) in [6.07, 6.45) is 2.17. The molecule has 0 heterocycles. The van der Waals surface area contributed by atoms with E-state index in [2.05, 4.69) is 20.8 Å². The Labute approximate surface area is 127 Å². The first-order valence-electron chi connectivity index (χ1n) is 6.69. The maximum atomic E-state index is 13.1. The molecule has 1 fully saturated rings. The monoisotopic (exact) mass is 375 g/mol. The van der Waals surface area contributed by atoms with Gasteiger partial charge in [-0.25, -0.2) is 4.39 Å². The van der Waals surface area contributed by atoms with Crippen LogP contribution < -0.4 is 0 Å². The number of hydrogen-bond acceptors (Lipinski definition) is 1. The van der Waals surface area contributed by atoms with Gasteiger partial charge in [-0.05, 0) is 66.5 Å². The smallest absolute Gasteiger partial charge is 0.255 e. The first-order chi connectivity index (χ1) is 8.91. The minimum absolute atomic E-state index is 0.0353. The van der Waals surface area contributed by atoms with E-state index in [9.17, 15) is 9.18 Å². The molecule has 2 nitrogen and oxygen atoms in total. The van der Waals surface area contributed by atoms with Crippen molar-refractivity contribution in [2.45, 2.75) is 45.7 Å². The third-order valence-corrected chi connectivity index (χ3v) is 4.63. The average molecular weight is 375 g/mol. The fraction of sp³-hybridized carbons (Fsp3) is 0.533. The molecule has 1 aliphatic rings. The van der Waals surface area contributed by atoms with Gasteiger partial charge in [0.2, 0.25) is 0 Å². The molecule has 1 unspecified atom stereocenters. The largest absolute Gasteiger partial charge is 0.333 e. The van der Waals surface area contributed by atoms with Gasteiger partial charge < -0.3 is 4.90 Å². The number of nitrogens with zero attached hydrogens (tertiary/aromatic N) is 1. The summed E-state index contributed by atoms with van der Waals surface area (Å²) >= 11 is 2.03. The summed E-state index contributed by atoms with van der Waals surface area (Å²) in [7, 11) is 0. The molecule has 0 saturated heterocycles. The Morgan fingerprint density at radius 2 is 2.00 bits per heavy atom. The first-order valence-corrected chi connectivity index (χ1v) is 7.77. The quantitative estimate of drug-likeness (QED) is 0.727. The molecule has 1 aliphatic carbocycles. The molecule has 0 radical (unpaired) electrons. The Morgan fingerprint density at radius 3 is 2.47 bits per heavy atom. The lowest BCUT2D eigenvalue weighted by molar-refractivity contribution is 0.0626. The molecule has 0 bridgehead atoms. The van der Waals surface area contributed by atoms with Gasteiger partial charge in [0, 0.05) is 15.7 Å². The molecule has 0 spiro atoms. The maximum Gasteiger partial charge on any atom is 0.255 e. The highest BCUT2D eigenvalue weighted by Crippen LogP contribution is 2.32. The summed E-state index contributed by atoms with van der Waals surface area (Å²) in [5.74, 6) is 0.159. The van der Waals surface area contributed by atoms with Crippen LogP contribution in [0.5, 0.6) is 0 Å². The normalized spacial score (nSPS) is 16.5. The summed E-state index contributed by atoms with van der Waals surface area (Å²) in [5.41, 5.74) is 0.612. The third kappa shape index (κ3) is 3.27. The number of carbonyl (C=O) groups excluding carboxylic acids is 1. The van der Waals surface area contributed by atoms with Crippen molar-refractivity contribution in [2.75, 3.05) is 0 Å². The molecule has 19 heavy (non-hydrogen) atoms. The van der Waals surface area contributed by atoms with Gasteiger partial charge >= 0.3 is 0 Å². The van der Waals surface area contributed by atoms with Crippen LogP contribution in [0.15, 0.2) is 18.2 Å². The van der Waals surface area contributed by atoms with Crippen LogP contribution in [0.25, 0.3) is 0 Å². The summed E-state index contributed by atoms with van der Waals surface area (Å²) in [5, 5.41) is 0. The van der Waals surface area contributed by atoms with Crippen LogP contribution in [-0.2, 0) is 0 Å². The Kier molecular flexibility index (Phi) is 4.48. The molecular weight excluding hydrogens is 356 g/mol. The first kappa shape index (κ1) is 14.8. The molecule has 0 N–H and O–H groups in total. The lowest BCUT2D eigenvalue weighted by Crippen LogP contribution is -2.43. The van der Waals surface area contributed by atoms with Crippen LogP contribution >= 0.6 is 22.6 Å². The molecule has 1 amide bonds. The maximum absolute atomic E-state index is 13.1. The van der Waals surface area contributed by atoms with E-state index >= 15 is 0 Å². The zero-order chi connectivity index (χ0) is 14.2. The van der Waals surface area contributed by atoms with Gasteiger partial charge in [0.05, 0.1) is 5.56 Å². The zero-order valence-electron chi connectivity index (χ0n) is 11.5. The third-order valence-electron chi connectivity index (χ3n) is 3.74. The predicted molar refractivity (Wildman–Crippen MR) is 82.6 cm³/mol. The predicted octanol–water partition coefficient (Wildman–Crippen LogP) is 4.08. The van der Waals surface area contributed by atoms with Crippen molar-refractivity contribution >= 4 is 28.5 Å². The number of amides is 1. The minimum Gasteiger partial charge on any atom is -0.333 e. The van der Waals surface area contributed by atoms with E-state index in [1.54, 1.807) is 6.07 Å². The molecule has 4 heteroatoms. The van der Waals surface area contributed by atoms with Crippen molar-refractivity contribution in [3.63, 3.8) is 0 Å². The topological polar surface area (TPSA) is 20.3 Å². The van der Waals surface area contributed by atoms with E-state index in [0.717, 1.165) is 12.8 Å². The summed E-state index contributed by atoms with van der Waals surface area (Å²) < 4.78 is 13.8. The van der Waals surface area contributed by atoms with Crippen molar-refractivity contribution < 1.29 is 9.18 Å². The average Bonchev–Trinajstić information content (AvgIpc) is 3.13. The Bertz CT molecular complexity index is 485. The van der Waals surface area contributed by atoms with Gasteiger partial charge in [-0.2, -0.15) is 0 Å². The van der Waals surface area contributed by atoms with Crippen LogP contribution in [0.4, 0.5) is 4.39 Å². The van der Waals surface area contributed by atoms with Crippen molar-refractivity contribution in [1.82, 2.24) is 4.90 Å². The SMILES string of the molecule is CC(C)C(C)N(C(=O)c1ccc(F)cc1I)C1CC1. The Morgan fingerprint density at radius 1 is 1.37 bits per heavy atom. The summed E-state index contributed by atoms with van der Waals surface area (Å²) in [6.45, 7) is 6.35. The summed E-state index contributed by atoms with van der Waals surface area (Å²) in [4.78, 5) is 14.7. The lowest BCUT2D eigenvalue weighted by Gasteiger charge is -2.32. The van der Waals surface area contributed by atoms with Gasteiger partial charge in [-0.1, -0.05) is 13.8 Å². The van der Waals surface area contributed by atoms with Gasteiger partial charge in [0.25, 0.3) is 5.91 Å². The molecule has 1 aromatic rings. The number of halogens is 2. The van der Waals surface area contributed by atoms with Crippen molar-refractivity contribution in [3.8, 4) is 0 Å². The van der Waals surface area contributed by atoms with E-state index in [-0.39, 0.29) is 17.8 Å². The van der Waals surface area contributed by atoms with Gasteiger partial charge in [0.15, 0.2) is 0 Å². The molecule has 2 rings (SSSR count). The van der Waals surface area contributed by atoms with E-state index in [1.807, 2.05) is 27.5 Å². The van der Waals surface area contributed by atoms with Crippen LogP contribution in [-0.4, -0.2) is 22.9 Å². The molecular formula is C15H19FINO. The van der Waals surface area contributed by atoms with Gasteiger partial charge in [-0.15, -0.1) is 0 Å². The number of benzene rings is 1.